The van der Waals surface area contributed by atoms with Gasteiger partial charge in [-0.3, -0.25) is 0 Å². The van der Waals surface area contributed by atoms with Crippen LogP contribution in [0.25, 0.3) is 0 Å². The Morgan fingerprint density at radius 1 is 1.11 bits per heavy atom. The van der Waals surface area contributed by atoms with E-state index in [0.717, 1.165) is 28.0 Å². The predicted octanol–water partition coefficient (Wildman–Crippen LogP) is 6.35. The lowest BCUT2D eigenvalue weighted by molar-refractivity contribution is -0.159. The maximum Gasteiger partial charge on any atom is 0.349 e. The third kappa shape index (κ3) is 6.77. The zero-order valence-corrected chi connectivity index (χ0v) is 22.7. The fourth-order valence-electron chi connectivity index (χ4n) is 4.53. The summed E-state index contributed by atoms with van der Waals surface area (Å²) in [5.74, 6) is 0.472. The zero-order chi connectivity index (χ0) is 26.5. The average Bonchev–Trinajstić information content (AvgIpc) is 2.80. The second-order valence-electron chi connectivity index (χ2n) is 10.5. The molecule has 2 aromatic carbocycles. The highest BCUT2D eigenvalue weighted by atomic mass is 32.2. The molecule has 0 saturated heterocycles. The van der Waals surface area contributed by atoms with Crippen molar-refractivity contribution in [3.8, 4) is 11.5 Å². The summed E-state index contributed by atoms with van der Waals surface area (Å²) in [4.78, 5) is 14.3. The summed E-state index contributed by atoms with van der Waals surface area (Å²) < 4.78 is 11.8. The van der Waals surface area contributed by atoms with Crippen LogP contribution in [0.2, 0.25) is 0 Å². The van der Waals surface area contributed by atoms with Crippen molar-refractivity contribution >= 4 is 17.7 Å². The lowest BCUT2D eigenvalue weighted by atomic mass is 9.85. The first-order chi connectivity index (χ1) is 17.0. The van der Waals surface area contributed by atoms with Crippen molar-refractivity contribution in [2.45, 2.75) is 82.6 Å². The summed E-state index contributed by atoms with van der Waals surface area (Å²) in [5.41, 5.74) is 1.91. The molecule has 0 aromatic heterocycles. The van der Waals surface area contributed by atoms with Crippen LogP contribution in [0.3, 0.4) is 0 Å². The van der Waals surface area contributed by atoms with Crippen LogP contribution in [-0.4, -0.2) is 40.1 Å². The van der Waals surface area contributed by atoms with Gasteiger partial charge in [-0.1, -0.05) is 58.0 Å². The molecule has 3 rings (SSSR count). The van der Waals surface area contributed by atoms with E-state index < -0.39 is 11.6 Å². The summed E-state index contributed by atoms with van der Waals surface area (Å²) in [6, 6.07) is 10.9. The molecule has 1 atom stereocenters. The third-order valence-electron chi connectivity index (χ3n) is 6.40. The summed E-state index contributed by atoms with van der Waals surface area (Å²) in [7, 11) is 0. The van der Waals surface area contributed by atoms with Crippen molar-refractivity contribution in [3.05, 3.63) is 63.8 Å². The first-order valence-electron chi connectivity index (χ1n) is 12.5. The van der Waals surface area contributed by atoms with Gasteiger partial charge >= 0.3 is 5.97 Å². The maximum absolute atomic E-state index is 13.3. The topological polar surface area (TPSA) is 96.2 Å². The fourth-order valence-corrected chi connectivity index (χ4v) is 5.78. The molecule has 1 aliphatic heterocycles. The van der Waals surface area contributed by atoms with Crippen LogP contribution in [0.4, 0.5) is 0 Å². The third-order valence-corrected chi connectivity index (χ3v) is 7.57. The van der Waals surface area contributed by atoms with Crippen molar-refractivity contribution in [3.63, 3.8) is 0 Å². The number of ether oxygens (including phenoxy) is 2. The Balaban J connectivity index is 1.88. The first kappa shape index (κ1) is 27.9. The summed E-state index contributed by atoms with van der Waals surface area (Å²) in [5, 5.41) is 29.8. The fraction of sp³-hybridized carbons (Fsp3) is 0.483. The molecule has 1 heterocycles. The van der Waals surface area contributed by atoms with E-state index in [-0.39, 0.29) is 41.5 Å². The molecule has 36 heavy (non-hydrogen) atoms. The number of cyclic esters (lactones) is 1. The number of esters is 1. The minimum Gasteiger partial charge on any atom is -0.511 e. The summed E-state index contributed by atoms with van der Waals surface area (Å²) in [6.07, 6.45) is 3.01. The number of aryl methyl sites for hydroxylation is 2. The van der Waals surface area contributed by atoms with Gasteiger partial charge in [0, 0.05) is 11.3 Å². The molecule has 0 radical (unpaired) electrons. The van der Waals surface area contributed by atoms with Gasteiger partial charge in [-0.2, -0.15) is 0 Å². The average molecular weight is 515 g/mol. The number of rotatable bonds is 10. The highest BCUT2D eigenvalue weighted by Gasteiger charge is 2.41. The van der Waals surface area contributed by atoms with Gasteiger partial charge in [-0.15, -0.1) is 0 Å². The Morgan fingerprint density at radius 2 is 1.81 bits per heavy atom. The number of aliphatic hydroxyl groups is 2. The van der Waals surface area contributed by atoms with E-state index in [1.54, 1.807) is 12.1 Å². The molecule has 196 valence electrons. The molecule has 0 amide bonds. The number of phenols is 1. The van der Waals surface area contributed by atoms with Crippen LogP contribution in [0.5, 0.6) is 11.5 Å². The molecule has 1 unspecified atom stereocenters. The van der Waals surface area contributed by atoms with Crippen LogP contribution in [0, 0.1) is 6.92 Å². The van der Waals surface area contributed by atoms with E-state index in [0.29, 0.717) is 25.0 Å². The number of carbonyl (C=O) groups excluding carboxylic acids is 1. The second kappa shape index (κ2) is 11.6. The Labute approximate surface area is 218 Å². The quantitative estimate of drug-likeness (QED) is 0.318. The Hall–Kier alpha value is -2.64. The molecule has 7 heteroatoms. The van der Waals surface area contributed by atoms with Gasteiger partial charge in [0.25, 0.3) is 0 Å². The predicted molar refractivity (Wildman–Crippen MR) is 143 cm³/mol. The van der Waals surface area contributed by atoms with Crippen molar-refractivity contribution in [1.82, 2.24) is 0 Å². The van der Waals surface area contributed by atoms with E-state index in [4.69, 9.17) is 14.6 Å². The van der Waals surface area contributed by atoms with Crippen molar-refractivity contribution in [2.24, 2.45) is 0 Å². The highest BCUT2D eigenvalue weighted by molar-refractivity contribution is 8.04. The minimum atomic E-state index is -0.761. The smallest absolute Gasteiger partial charge is 0.349 e. The molecule has 0 bridgehead atoms. The van der Waals surface area contributed by atoms with Gasteiger partial charge in [0.2, 0.25) is 0 Å². The van der Waals surface area contributed by atoms with E-state index >= 15 is 0 Å². The molecule has 2 aromatic rings. The zero-order valence-electron chi connectivity index (χ0n) is 21.9. The lowest BCUT2D eigenvalue weighted by Crippen LogP contribution is -2.40. The van der Waals surface area contributed by atoms with Gasteiger partial charge in [-0.25, -0.2) is 4.79 Å². The van der Waals surface area contributed by atoms with E-state index in [2.05, 4.69) is 20.8 Å². The second-order valence-corrected chi connectivity index (χ2v) is 11.5. The molecule has 6 nitrogen and oxygen atoms in total. The normalized spacial score (nSPS) is 18.3. The van der Waals surface area contributed by atoms with Gasteiger partial charge < -0.3 is 24.8 Å². The van der Waals surface area contributed by atoms with Crippen LogP contribution < -0.4 is 4.74 Å². The van der Waals surface area contributed by atoms with Crippen LogP contribution in [0.1, 0.15) is 70.1 Å². The van der Waals surface area contributed by atoms with Crippen molar-refractivity contribution in [2.75, 3.05) is 13.2 Å². The first-order valence-corrected chi connectivity index (χ1v) is 13.3. The molecule has 1 aliphatic rings. The standard InChI is InChI=1S/C29H38O6S/c1-6-12-29(13-11-20-7-9-21(31)10-8-20)18-23(32)26(27(33)35-29)36-25-16-19(2)24(34-15-14-30)17-22(25)28(3,4)5/h7-10,16-17,30-32H,6,11-15,18H2,1-5H3. The van der Waals surface area contributed by atoms with E-state index in [9.17, 15) is 15.0 Å². The number of aromatic hydroxyl groups is 1. The Bertz CT molecular complexity index is 1100. The summed E-state index contributed by atoms with van der Waals surface area (Å²) in [6.45, 7) is 10.4. The van der Waals surface area contributed by atoms with Gasteiger partial charge in [0.15, 0.2) is 0 Å². The lowest BCUT2D eigenvalue weighted by Gasteiger charge is -2.37. The number of thioether (sulfide) groups is 1. The van der Waals surface area contributed by atoms with Gasteiger partial charge in [0.05, 0.1) is 6.61 Å². The van der Waals surface area contributed by atoms with Gasteiger partial charge in [0.1, 0.15) is 34.4 Å². The number of benzene rings is 2. The SMILES string of the molecule is CCCC1(CCc2ccc(O)cc2)CC(O)=C(Sc2cc(C)c(OCCO)cc2C(C)(C)C)C(=O)O1. The van der Waals surface area contributed by atoms with E-state index in [1.165, 1.54) is 11.8 Å². The Kier molecular flexibility index (Phi) is 9.01. The highest BCUT2D eigenvalue weighted by Crippen LogP contribution is 2.45. The van der Waals surface area contributed by atoms with E-state index in [1.807, 2.05) is 38.1 Å². The van der Waals surface area contributed by atoms with Gasteiger partial charge in [-0.05, 0) is 72.6 Å². The van der Waals surface area contributed by atoms with Crippen LogP contribution in [0.15, 0.2) is 52.0 Å². The molecule has 0 saturated carbocycles. The van der Waals surface area contributed by atoms with Crippen LogP contribution >= 0.6 is 11.8 Å². The number of carbonyl (C=O) groups is 1. The minimum absolute atomic E-state index is 0.0634. The number of aliphatic hydroxyl groups excluding tert-OH is 2. The van der Waals surface area contributed by atoms with Crippen molar-refractivity contribution < 1.29 is 29.6 Å². The monoisotopic (exact) mass is 514 g/mol. The molecule has 0 spiro atoms. The molecule has 3 N–H and O–H groups in total. The largest absolute Gasteiger partial charge is 0.511 e. The van der Waals surface area contributed by atoms with Crippen LogP contribution in [-0.2, 0) is 21.4 Å². The molecule has 0 fully saturated rings. The summed E-state index contributed by atoms with van der Waals surface area (Å²) >= 11 is 1.24. The number of hydrogen-bond donors (Lipinski definition) is 3. The number of phenolic OH excluding ortho intramolecular Hbond substituents is 1. The molecule has 0 aliphatic carbocycles. The maximum atomic E-state index is 13.3. The molecular formula is C29H38O6S. The number of hydrogen-bond acceptors (Lipinski definition) is 7. The Morgan fingerprint density at radius 3 is 2.39 bits per heavy atom. The molecular weight excluding hydrogens is 476 g/mol. The van der Waals surface area contributed by atoms with Crippen molar-refractivity contribution in [1.29, 1.82) is 0 Å².